The molecule has 0 aromatic rings. The van der Waals surface area contributed by atoms with E-state index in [4.69, 9.17) is 9.84 Å². The molecule has 1 aliphatic heterocycles. The molecule has 15 heavy (non-hydrogen) atoms. The van der Waals surface area contributed by atoms with Gasteiger partial charge in [-0.05, 0) is 27.7 Å². The lowest BCUT2D eigenvalue weighted by molar-refractivity contribution is -0.983. The van der Waals surface area contributed by atoms with Crippen molar-refractivity contribution in [1.29, 1.82) is 0 Å². The van der Waals surface area contributed by atoms with Gasteiger partial charge in [-0.15, -0.1) is 0 Å². The average molecular weight is 216 g/mol. The summed E-state index contributed by atoms with van der Waals surface area (Å²) in [6.45, 7) is 9.75. The van der Waals surface area contributed by atoms with Crippen LogP contribution in [0.2, 0.25) is 0 Å². The van der Waals surface area contributed by atoms with E-state index < -0.39 is 0 Å². The Labute approximate surface area is 93.4 Å². The van der Waals surface area contributed by atoms with Crippen molar-refractivity contribution in [3.63, 3.8) is 0 Å². The van der Waals surface area contributed by atoms with E-state index in [0.29, 0.717) is 12.7 Å². The first-order chi connectivity index (χ1) is 6.79. The Bertz CT molecular complexity index is 196. The molecule has 1 rings (SSSR count). The third-order valence-corrected chi connectivity index (χ3v) is 3.95. The van der Waals surface area contributed by atoms with E-state index in [1.54, 1.807) is 4.90 Å². The topological polar surface area (TPSA) is 33.9 Å². The molecule has 0 aromatic carbocycles. The maximum Gasteiger partial charge on any atom is 0.0947 e. The van der Waals surface area contributed by atoms with Crippen molar-refractivity contribution in [2.24, 2.45) is 0 Å². The molecule has 1 saturated heterocycles. The van der Waals surface area contributed by atoms with Gasteiger partial charge in [0.1, 0.15) is 0 Å². The summed E-state index contributed by atoms with van der Waals surface area (Å²) in [7, 11) is 2.27. The maximum absolute atomic E-state index is 8.78. The van der Waals surface area contributed by atoms with Crippen LogP contribution in [0.25, 0.3) is 0 Å². The van der Waals surface area contributed by atoms with Crippen LogP contribution in [0.1, 0.15) is 40.5 Å². The highest BCUT2D eigenvalue weighted by Gasteiger charge is 2.47. The smallest absolute Gasteiger partial charge is 0.0947 e. The van der Waals surface area contributed by atoms with E-state index in [2.05, 4.69) is 34.7 Å². The monoisotopic (exact) mass is 216 g/mol. The van der Waals surface area contributed by atoms with Gasteiger partial charge in [0.25, 0.3) is 0 Å². The van der Waals surface area contributed by atoms with Crippen molar-refractivity contribution < 1.29 is 14.7 Å². The standard InChI is InChI=1S/C12H25NO2/c1-11(2)8-10(15-7-6-14)9-12(3,4)13(11)5/h10,14H,6-9H2,1-5H3/p+1. The SMILES string of the molecule is C[NH+]1C(C)(C)CC(OCCO)CC1(C)C. The van der Waals surface area contributed by atoms with Crippen molar-refractivity contribution >= 4 is 0 Å². The van der Waals surface area contributed by atoms with Crippen LogP contribution in [-0.4, -0.2) is 42.5 Å². The van der Waals surface area contributed by atoms with Gasteiger partial charge in [-0.3, -0.25) is 0 Å². The molecule has 0 unspecified atom stereocenters. The molecule has 1 aliphatic rings. The van der Waals surface area contributed by atoms with E-state index in [9.17, 15) is 0 Å². The second-order valence-corrected chi connectivity index (χ2v) is 6.02. The number of likely N-dealkylation sites (tertiary alicyclic amines) is 1. The summed E-state index contributed by atoms with van der Waals surface area (Å²) in [6, 6.07) is 0. The van der Waals surface area contributed by atoms with Gasteiger partial charge in [0, 0.05) is 12.8 Å². The quantitative estimate of drug-likeness (QED) is 0.708. The Morgan fingerprint density at radius 1 is 1.20 bits per heavy atom. The lowest BCUT2D eigenvalue weighted by atomic mass is 9.79. The molecule has 0 amide bonds. The van der Waals surface area contributed by atoms with Gasteiger partial charge in [0.15, 0.2) is 0 Å². The number of aliphatic hydroxyl groups is 1. The van der Waals surface area contributed by atoms with Gasteiger partial charge in [-0.2, -0.15) is 0 Å². The summed E-state index contributed by atoms with van der Waals surface area (Å²) in [4.78, 5) is 1.57. The predicted octanol–water partition coefficient (Wildman–Crippen LogP) is 0.230. The number of aliphatic hydroxyl groups excluding tert-OH is 1. The maximum atomic E-state index is 8.78. The van der Waals surface area contributed by atoms with Crippen LogP contribution in [0.3, 0.4) is 0 Å². The normalized spacial score (nSPS) is 34.0. The zero-order valence-electron chi connectivity index (χ0n) is 10.8. The molecule has 90 valence electrons. The van der Waals surface area contributed by atoms with Gasteiger partial charge in [-0.25, -0.2) is 0 Å². The molecule has 3 nitrogen and oxygen atoms in total. The van der Waals surface area contributed by atoms with Crippen molar-refractivity contribution in [3.8, 4) is 0 Å². The van der Waals surface area contributed by atoms with Gasteiger partial charge in [-0.1, -0.05) is 0 Å². The minimum atomic E-state index is 0.125. The van der Waals surface area contributed by atoms with Gasteiger partial charge >= 0.3 is 0 Å². The van der Waals surface area contributed by atoms with Crippen LogP contribution in [-0.2, 0) is 4.74 Å². The average Bonchev–Trinajstić information content (AvgIpc) is 2.10. The molecule has 0 atom stereocenters. The molecular formula is C12H26NO2+. The molecule has 1 heterocycles. The molecule has 2 N–H and O–H groups in total. The van der Waals surface area contributed by atoms with E-state index in [1.807, 2.05) is 0 Å². The molecular weight excluding hydrogens is 190 g/mol. The number of rotatable bonds is 3. The largest absolute Gasteiger partial charge is 0.394 e. The zero-order chi connectivity index (χ0) is 11.7. The number of hydrogen-bond acceptors (Lipinski definition) is 2. The summed E-state index contributed by atoms with van der Waals surface area (Å²) >= 11 is 0. The van der Waals surface area contributed by atoms with Crippen LogP contribution in [0.5, 0.6) is 0 Å². The van der Waals surface area contributed by atoms with Crippen molar-refractivity contribution in [2.45, 2.75) is 57.7 Å². The van der Waals surface area contributed by atoms with Crippen LogP contribution < -0.4 is 4.90 Å². The fourth-order valence-electron chi connectivity index (χ4n) is 2.77. The molecule has 0 radical (unpaired) electrons. The zero-order valence-corrected chi connectivity index (χ0v) is 10.8. The molecule has 3 heteroatoms. The number of ether oxygens (including phenoxy) is 1. The Morgan fingerprint density at radius 2 is 1.67 bits per heavy atom. The first-order valence-corrected chi connectivity index (χ1v) is 5.86. The summed E-state index contributed by atoms with van der Waals surface area (Å²) in [6.07, 6.45) is 2.44. The summed E-state index contributed by atoms with van der Waals surface area (Å²) in [5, 5.41) is 8.78. The Balaban J connectivity index is 2.66. The first kappa shape index (κ1) is 12.9. The van der Waals surface area contributed by atoms with Crippen LogP contribution in [0.15, 0.2) is 0 Å². The van der Waals surface area contributed by atoms with Gasteiger partial charge < -0.3 is 14.7 Å². The minimum absolute atomic E-state index is 0.125. The summed E-state index contributed by atoms with van der Waals surface area (Å²) in [5.41, 5.74) is 0.504. The first-order valence-electron chi connectivity index (χ1n) is 5.86. The molecule has 0 aliphatic carbocycles. The van der Waals surface area contributed by atoms with Gasteiger partial charge in [0.05, 0.1) is 37.4 Å². The van der Waals surface area contributed by atoms with Crippen LogP contribution in [0.4, 0.5) is 0 Å². The molecule has 0 bridgehead atoms. The second kappa shape index (κ2) is 4.40. The third-order valence-electron chi connectivity index (χ3n) is 3.95. The highest BCUT2D eigenvalue weighted by molar-refractivity contribution is 4.86. The highest BCUT2D eigenvalue weighted by atomic mass is 16.5. The summed E-state index contributed by atoms with van der Waals surface area (Å²) < 4.78 is 5.69. The molecule has 0 aromatic heterocycles. The highest BCUT2D eigenvalue weighted by Crippen LogP contribution is 2.25. The third kappa shape index (κ3) is 2.92. The van der Waals surface area contributed by atoms with E-state index in [1.165, 1.54) is 0 Å². The number of nitrogens with one attached hydrogen (secondary N) is 1. The lowest BCUT2D eigenvalue weighted by Crippen LogP contribution is -3.24. The van der Waals surface area contributed by atoms with E-state index >= 15 is 0 Å². The van der Waals surface area contributed by atoms with Crippen LogP contribution in [0, 0.1) is 0 Å². The van der Waals surface area contributed by atoms with E-state index in [0.717, 1.165) is 12.8 Å². The number of hydrogen-bond donors (Lipinski definition) is 2. The van der Waals surface area contributed by atoms with Crippen molar-refractivity contribution in [3.05, 3.63) is 0 Å². The Hall–Kier alpha value is -0.120. The fraction of sp³-hybridized carbons (Fsp3) is 1.00. The Morgan fingerprint density at radius 3 is 2.07 bits per heavy atom. The summed E-state index contributed by atoms with van der Waals surface area (Å²) in [5.74, 6) is 0. The van der Waals surface area contributed by atoms with Gasteiger partial charge in [0.2, 0.25) is 0 Å². The van der Waals surface area contributed by atoms with Crippen molar-refractivity contribution in [1.82, 2.24) is 0 Å². The van der Waals surface area contributed by atoms with Crippen molar-refractivity contribution in [2.75, 3.05) is 20.3 Å². The fourth-order valence-corrected chi connectivity index (χ4v) is 2.77. The molecule has 1 fully saturated rings. The van der Waals surface area contributed by atoms with E-state index in [-0.39, 0.29) is 17.7 Å². The molecule has 0 saturated carbocycles. The number of piperidine rings is 1. The second-order valence-electron chi connectivity index (χ2n) is 6.02. The molecule has 0 spiro atoms. The van der Waals surface area contributed by atoms with Crippen LogP contribution >= 0.6 is 0 Å². The minimum Gasteiger partial charge on any atom is -0.394 e. The number of quaternary nitrogens is 1. The lowest BCUT2D eigenvalue weighted by Gasteiger charge is -2.50. The predicted molar refractivity (Wildman–Crippen MR) is 61.1 cm³/mol. The Kier molecular flexibility index (Phi) is 3.80.